The first kappa shape index (κ1) is 15.3. The van der Waals surface area contributed by atoms with Crippen LogP contribution in [0.15, 0.2) is 39.6 Å². The smallest absolute Gasteiger partial charge is 0.202 e. The zero-order valence-corrected chi connectivity index (χ0v) is 14.3. The summed E-state index contributed by atoms with van der Waals surface area (Å²) < 4.78 is 2.43. The average molecular weight is 387 g/mol. The monoisotopic (exact) mass is 386 g/mol. The van der Waals surface area contributed by atoms with Crippen LogP contribution in [0.3, 0.4) is 0 Å². The largest absolute Gasteiger partial charge is 0.507 e. The molecule has 4 aromatic rings. The van der Waals surface area contributed by atoms with Crippen molar-refractivity contribution in [3.05, 3.63) is 50.7 Å². The average Bonchev–Trinajstić information content (AvgIpc) is 2.93. The lowest BCUT2D eigenvalue weighted by atomic mass is 10.1. The van der Waals surface area contributed by atoms with Gasteiger partial charge in [-0.2, -0.15) is 5.10 Å². The SMILES string of the molecule is NCCNCc1nn2c3cccc(O)c3c(=O)c3c(Br)ccc1c32. The molecule has 4 N–H and O–H groups in total. The van der Waals surface area contributed by atoms with Crippen LogP contribution in [0.25, 0.3) is 27.2 Å². The minimum absolute atomic E-state index is 0.0367. The number of aromatic hydroxyl groups is 1. The molecule has 2 aromatic carbocycles. The first-order valence-electron chi connectivity index (χ1n) is 7.61. The molecular weight excluding hydrogens is 372 g/mol. The van der Waals surface area contributed by atoms with Gasteiger partial charge in [0.2, 0.25) is 5.43 Å². The predicted octanol–water partition coefficient (Wildman–Crippen LogP) is 1.96. The molecule has 2 heterocycles. The fourth-order valence-corrected chi connectivity index (χ4v) is 3.64. The van der Waals surface area contributed by atoms with Gasteiger partial charge in [-0.05, 0) is 40.2 Å². The van der Waals surface area contributed by atoms with Crippen LogP contribution in [0.2, 0.25) is 0 Å². The van der Waals surface area contributed by atoms with Crippen molar-refractivity contribution in [3.63, 3.8) is 0 Å². The number of nitrogens with one attached hydrogen (secondary N) is 1. The Kier molecular flexibility index (Phi) is 3.64. The summed E-state index contributed by atoms with van der Waals surface area (Å²) in [6.45, 7) is 1.79. The summed E-state index contributed by atoms with van der Waals surface area (Å²) in [5, 5.41) is 19.8. The number of benzene rings is 2. The molecule has 0 aliphatic rings. The second-order valence-electron chi connectivity index (χ2n) is 5.64. The Hall–Kier alpha value is -2.22. The van der Waals surface area contributed by atoms with E-state index >= 15 is 0 Å². The number of phenolic OH excluding ortho intramolecular Hbond substituents is 1. The highest BCUT2D eigenvalue weighted by atomic mass is 79.9. The molecule has 0 fully saturated rings. The van der Waals surface area contributed by atoms with Crippen molar-refractivity contribution < 1.29 is 5.11 Å². The van der Waals surface area contributed by atoms with Gasteiger partial charge in [-0.1, -0.05) is 6.07 Å². The molecule has 7 heteroatoms. The van der Waals surface area contributed by atoms with Gasteiger partial charge in [-0.15, -0.1) is 0 Å². The maximum Gasteiger partial charge on any atom is 0.202 e. The van der Waals surface area contributed by atoms with Crippen LogP contribution in [-0.4, -0.2) is 27.8 Å². The van der Waals surface area contributed by atoms with E-state index in [4.69, 9.17) is 5.73 Å². The van der Waals surface area contributed by atoms with Crippen LogP contribution in [0, 0.1) is 0 Å². The molecule has 0 saturated heterocycles. The Balaban J connectivity index is 2.15. The van der Waals surface area contributed by atoms with Gasteiger partial charge in [0.05, 0.1) is 27.5 Å². The van der Waals surface area contributed by atoms with E-state index in [2.05, 4.69) is 26.3 Å². The second-order valence-corrected chi connectivity index (χ2v) is 6.50. The number of phenols is 1. The number of nitrogens with zero attached hydrogens (tertiary/aromatic N) is 2. The molecule has 0 aliphatic carbocycles. The van der Waals surface area contributed by atoms with Gasteiger partial charge in [0.1, 0.15) is 5.75 Å². The van der Waals surface area contributed by atoms with E-state index in [-0.39, 0.29) is 16.6 Å². The van der Waals surface area contributed by atoms with Crippen molar-refractivity contribution in [2.24, 2.45) is 5.73 Å². The van der Waals surface area contributed by atoms with Gasteiger partial charge < -0.3 is 16.2 Å². The molecular formula is C17H15BrN4O2. The van der Waals surface area contributed by atoms with Crippen LogP contribution in [0.5, 0.6) is 5.75 Å². The Morgan fingerprint density at radius 1 is 1.25 bits per heavy atom. The fourth-order valence-electron chi connectivity index (χ4n) is 3.14. The molecule has 2 aromatic heterocycles. The van der Waals surface area contributed by atoms with Crippen molar-refractivity contribution in [1.82, 2.24) is 14.9 Å². The minimum atomic E-state index is -0.200. The molecule has 0 spiro atoms. The highest BCUT2D eigenvalue weighted by Gasteiger charge is 2.20. The molecule has 4 rings (SSSR count). The van der Waals surface area contributed by atoms with Gasteiger partial charge in [-0.3, -0.25) is 4.79 Å². The number of nitrogens with two attached hydrogens (primary N) is 1. The Morgan fingerprint density at radius 3 is 2.88 bits per heavy atom. The summed E-state index contributed by atoms with van der Waals surface area (Å²) in [7, 11) is 0. The first-order chi connectivity index (χ1) is 11.6. The number of halogens is 1. The summed E-state index contributed by atoms with van der Waals surface area (Å²) >= 11 is 3.46. The number of hydrogen-bond donors (Lipinski definition) is 3. The van der Waals surface area contributed by atoms with Crippen molar-refractivity contribution >= 4 is 43.1 Å². The van der Waals surface area contributed by atoms with Gasteiger partial charge in [0.15, 0.2) is 0 Å². The number of pyridine rings is 1. The highest BCUT2D eigenvalue weighted by molar-refractivity contribution is 9.10. The molecule has 24 heavy (non-hydrogen) atoms. The fraction of sp³-hybridized carbons (Fsp3) is 0.176. The summed E-state index contributed by atoms with van der Waals surface area (Å²) in [6, 6.07) is 8.82. The predicted molar refractivity (Wildman–Crippen MR) is 97.8 cm³/mol. The number of rotatable bonds is 4. The molecule has 0 radical (unpaired) electrons. The summed E-state index contributed by atoms with van der Waals surface area (Å²) in [5.74, 6) is -0.0367. The molecule has 0 aliphatic heterocycles. The van der Waals surface area contributed by atoms with E-state index in [1.807, 2.05) is 12.1 Å². The van der Waals surface area contributed by atoms with Crippen LogP contribution in [0.1, 0.15) is 5.69 Å². The van der Waals surface area contributed by atoms with Crippen molar-refractivity contribution in [2.45, 2.75) is 6.54 Å². The number of fused-ring (bicyclic) bond motifs is 2. The van der Waals surface area contributed by atoms with E-state index in [0.29, 0.717) is 35.0 Å². The summed E-state index contributed by atoms with van der Waals surface area (Å²) in [4.78, 5) is 12.9. The standard InChI is InChI=1S/C17H15BrN4O2/c18-10-5-4-9-11(8-20-7-6-19)21-22-12-2-1-3-13(23)15(12)17(24)14(10)16(9)22/h1-5,20,23H,6-8,19H2. The molecule has 0 amide bonds. The van der Waals surface area contributed by atoms with Crippen molar-refractivity contribution in [2.75, 3.05) is 13.1 Å². The second kappa shape index (κ2) is 5.70. The first-order valence-corrected chi connectivity index (χ1v) is 8.40. The van der Waals surface area contributed by atoms with E-state index in [0.717, 1.165) is 16.6 Å². The summed E-state index contributed by atoms with van der Waals surface area (Å²) in [5.41, 5.74) is 7.53. The third-order valence-electron chi connectivity index (χ3n) is 4.19. The summed E-state index contributed by atoms with van der Waals surface area (Å²) in [6.07, 6.45) is 0. The van der Waals surface area contributed by atoms with Gasteiger partial charge in [0.25, 0.3) is 0 Å². The maximum absolute atomic E-state index is 12.9. The van der Waals surface area contributed by atoms with E-state index in [9.17, 15) is 9.90 Å². The number of aromatic nitrogens is 2. The minimum Gasteiger partial charge on any atom is -0.507 e. The number of hydrogen-bond acceptors (Lipinski definition) is 5. The normalized spacial score (nSPS) is 11.9. The van der Waals surface area contributed by atoms with Gasteiger partial charge >= 0.3 is 0 Å². The van der Waals surface area contributed by atoms with Crippen molar-refractivity contribution in [3.8, 4) is 5.75 Å². The molecule has 0 unspecified atom stereocenters. The lowest BCUT2D eigenvalue weighted by molar-refractivity contribution is 0.481. The quantitative estimate of drug-likeness (QED) is 0.368. The zero-order chi connectivity index (χ0) is 16.8. The third kappa shape index (κ3) is 2.09. The van der Waals surface area contributed by atoms with E-state index < -0.39 is 0 Å². The lowest BCUT2D eigenvalue weighted by Gasteiger charge is -2.06. The maximum atomic E-state index is 12.9. The van der Waals surface area contributed by atoms with Crippen LogP contribution < -0.4 is 16.5 Å². The van der Waals surface area contributed by atoms with E-state index in [1.54, 1.807) is 16.6 Å². The Bertz CT molecular complexity index is 1120. The Labute approximate surface area is 145 Å². The zero-order valence-electron chi connectivity index (χ0n) is 12.7. The van der Waals surface area contributed by atoms with Gasteiger partial charge in [-0.25, -0.2) is 4.52 Å². The van der Waals surface area contributed by atoms with E-state index in [1.165, 1.54) is 6.07 Å². The van der Waals surface area contributed by atoms with Crippen LogP contribution >= 0.6 is 15.9 Å². The molecule has 122 valence electrons. The molecule has 0 saturated carbocycles. The van der Waals surface area contributed by atoms with Gasteiger partial charge in [0, 0.05) is 29.5 Å². The van der Waals surface area contributed by atoms with Crippen molar-refractivity contribution in [1.29, 1.82) is 0 Å². The molecule has 0 atom stereocenters. The van der Waals surface area contributed by atoms with Crippen LogP contribution in [-0.2, 0) is 6.54 Å². The topological polar surface area (TPSA) is 92.7 Å². The molecule has 6 nitrogen and oxygen atoms in total. The van der Waals surface area contributed by atoms with Crippen LogP contribution in [0.4, 0.5) is 0 Å². The highest BCUT2D eigenvalue weighted by Crippen LogP contribution is 2.32. The molecule has 0 bridgehead atoms. The Morgan fingerprint density at radius 2 is 2.08 bits per heavy atom. The third-order valence-corrected chi connectivity index (χ3v) is 4.85. The lowest BCUT2D eigenvalue weighted by Crippen LogP contribution is -2.22.